The van der Waals surface area contributed by atoms with E-state index in [0.29, 0.717) is 12.5 Å². The second-order valence-corrected chi connectivity index (χ2v) is 6.54. The molecule has 0 spiro atoms. The van der Waals surface area contributed by atoms with Crippen molar-refractivity contribution in [3.05, 3.63) is 35.5 Å². The number of carbonyl (C=O) groups excluding carboxylic acids is 1. The van der Waals surface area contributed by atoms with Crippen molar-refractivity contribution in [1.29, 1.82) is 0 Å². The number of thiazole rings is 1. The van der Waals surface area contributed by atoms with Gasteiger partial charge in [-0.25, -0.2) is 4.98 Å². The van der Waals surface area contributed by atoms with Crippen LogP contribution >= 0.6 is 11.3 Å². The minimum atomic E-state index is 0.212. The molecule has 0 saturated carbocycles. The summed E-state index contributed by atoms with van der Waals surface area (Å²) >= 11 is 1.55. The Bertz CT molecular complexity index is 626. The summed E-state index contributed by atoms with van der Waals surface area (Å²) in [4.78, 5) is 23.5. The van der Waals surface area contributed by atoms with E-state index in [2.05, 4.69) is 21.8 Å². The Morgan fingerprint density at radius 3 is 3.09 bits per heavy atom. The molecule has 2 aromatic rings. The Morgan fingerprint density at radius 1 is 1.41 bits per heavy atom. The molecular formula is C17H21N3OS. The van der Waals surface area contributed by atoms with Crippen LogP contribution in [-0.4, -0.2) is 33.4 Å². The average Bonchev–Trinajstić information content (AvgIpc) is 3.04. The number of piperidine rings is 1. The van der Waals surface area contributed by atoms with E-state index < -0.39 is 0 Å². The zero-order valence-corrected chi connectivity index (χ0v) is 13.7. The highest BCUT2D eigenvalue weighted by Gasteiger charge is 2.25. The zero-order chi connectivity index (χ0) is 15.4. The largest absolute Gasteiger partial charge is 0.339 e. The SMILES string of the molecule is CCC1CCCCN1C(=O)Cc1csc(-c2ccccn2)n1. The van der Waals surface area contributed by atoms with Gasteiger partial charge in [-0.3, -0.25) is 9.78 Å². The second-order valence-electron chi connectivity index (χ2n) is 5.68. The van der Waals surface area contributed by atoms with Gasteiger partial charge in [-0.2, -0.15) is 0 Å². The molecule has 1 atom stereocenters. The Kier molecular flexibility index (Phi) is 4.83. The molecule has 4 nitrogen and oxygen atoms in total. The van der Waals surface area contributed by atoms with Crippen LogP contribution in [0, 0.1) is 0 Å². The van der Waals surface area contributed by atoms with Gasteiger partial charge in [0.25, 0.3) is 0 Å². The minimum Gasteiger partial charge on any atom is -0.339 e. The predicted octanol–water partition coefficient (Wildman–Crippen LogP) is 3.54. The third-order valence-corrected chi connectivity index (χ3v) is 5.10. The molecule has 1 amide bonds. The number of rotatable bonds is 4. The maximum Gasteiger partial charge on any atom is 0.228 e. The van der Waals surface area contributed by atoms with Crippen molar-refractivity contribution < 1.29 is 4.79 Å². The quantitative estimate of drug-likeness (QED) is 0.867. The van der Waals surface area contributed by atoms with Gasteiger partial charge in [-0.05, 0) is 37.8 Å². The normalized spacial score (nSPS) is 18.4. The topological polar surface area (TPSA) is 46.1 Å². The highest BCUT2D eigenvalue weighted by atomic mass is 32.1. The van der Waals surface area contributed by atoms with E-state index >= 15 is 0 Å². The van der Waals surface area contributed by atoms with Gasteiger partial charge >= 0.3 is 0 Å². The summed E-state index contributed by atoms with van der Waals surface area (Å²) in [5.74, 6) is 0.212. The van der Waals surface area contributed by atoms with Crippen LogP contribution in [0.15, 0.2) is 29.8 Å². The van der Waals surface area contributed by atoms with Crippen molar-refractivity contribution in [3.8, 4) is 10.7 Å². The summed E-state index contributed by atoms with van der Waals surface area (Å²) < 4.78 is 0. The molecule has 1 unspecified atom stereocenters. The first kappa shape index (κ1) is 15.2. The van der Waals surface area contributed by atoms with Gasteiger partial charge in [0.1, 0.15) is 5.01 Å². The summed E-state index contributed by atoms with van der Waals surface area (Å²) in [6, 6.07) is 6.20. The van der Waals surface area contributed by atoms with E-state index in [1.54, 1.807) is 17.5 Å². The smallest absolute Gasteiger partial charge is 0.228 e. The van der Waals surface area contributed by atoms with Crippen molar-refractivity contribution in [3.63, 3.8) is 0 Å². The fraction of sp³-hybridized carbons (Fsp3) is 0.471. The molecule has 1 aliphatic heterocycles. The van der Waals surface area contributed by atoms with Crippen molar-refractivity contribution in [2.75, 3.05) is 6.54 Å². The lowest BCUT2D eigenvalue weighted by atomic mass is 9.99. The van der Waals surface area contributed by atoms with Crippen LogP contribution in [0.25, 0.3) is 10.7 Å². The van der Waals surface area contributed by atoms with E-state index in [1.807, 2.05) is 23.6 Å². The molecule has 2 aromatic heterocycles. The number of amides is 1. The number of hydrogen-bond donors (Lipinski definition) is 0. The van der Waals surface area contributed by atoms with Crippen LogP contribution in [0.2, 0.25) is 0 Å². The second kappa shape index (κ2) is 7.01. The van der Waals surface area contributed by atoms with Crippen LogP contribution in [-0.2, 0) is 11.2 Å². The van der Waals surface area contributed by atoms with Crippen molar-refractivity contribution >= 4 is 17.2 Å². The molecule has 116 valence electrons. The third-order valence-electron chi connectivity index (χ3n) is 4.19. The van der Waals surface area contributed by atoms with Gasteiger partial charge in [0.05, 0.1) is 17.8 Å². The molecule has 3 heterocycles. The van der Waals surface area contributed by atoms with E-state index in [9.17, 15) is 4.79 Å². The summed E-state index contributed by atoms with van der Waals surface area (Å²) in [7, 11) is 0. The summed E-state index contributed by atoms with van der Waals surface area (Å²) in [5, 5.41) is 2.86. The van der Waals surface area contributed by atoms with Gasteiger partial charge in [-0.1, -0.05) is 13.0 Å². The summed E-state index contributed by atoms with van der Waals surface area (Å²) in [5.41, 5.74) is 1.73. The first-order chi connectivity index (χ1) is 10.8. The number of likely N-dealkylation sites (tertiary alicyclic amines) is 1. The van der Waals surface area contributed by atoms with Crippen molar-refractivity contribution in [1.82, 2.24) is 14.9 Å². The molecule has 0 aliphatic carbocycles. The molecule has 0 radical (unpaired) electrons. The van der Waals surface area contributed by atoms with E-state index in [-0.39, 0.29) is 5.91 Å². The molecule has 0 N–H and O–H groups in total. The summed E-state index contributed by atoms with van der Waals surface area (Å²) in [6.07, 6.45) is 6.71. The fourth-order valence-electron chi connectivity index (χ4n) is 3.00. The molecule has 1 saturated heterocycles. The van der Waals surface area contributed by atoms with E-state index in [0.717, 1.165) is 42.2 Å². The Balaban J connectivity index is 1.68. The van der Waals surface area contributed by atoms with Crippen LogP contribution in [0.3, 0.4) is 0 Å². The van der Waals surface area contributed by atoms with Gasteiger partial charge in [-0.15, -0.1) is 11.3 Å². The Hall–Kier alpha value is -1.75. The van der Waals surface area contributed by atoms with Gasteiger partial charge < -0.3 is 4.90 Å². The molecule has 5 heteroatoms. The fourth-order valence-corrected chi connectivity index (χ4v) is 3.80. The number of pyridine rings is 1. The number of hydrogen-bond acceptors (Lipinski definition) is 4. The van der Waals surface area contributed by atoms with E-state index in [1.165, 1.54) is 6.42 Å². The first-order valence-corrected chi connectivity index (χ1v) is 8.81. The molecule has 22 heavy (non-hydrogen) atoms. The number of carbonyl (C=O) groups is 1. The van der Waals surface area contributed by atoms with E-state index in [4.69, 9.17) is 0 Å². The van der Waals surface area contributed by atoms with Crippen LogP contribution < -0.4 is 0 Å². The van der Waals surface area contributed by atoms with Gasteiger partial charge in [0.15, 0.2) is 0 Å². The Labute approximate surface area is 135 Å². The van der Waals surface area contributed by atoms with Crippen molar-refractivity contribution in [2.45, 2.75) is 45.1 Å². The minimum absolute atomic E-state index is 0.212. The summed E-state index contributed by atoms with van der Waals surface area (Å²) in [6.45, 7) is 3.06. The highest BCUT2D eigenvalue weighted by molar-refractivity contribution is 7.13. The Morgan fingerprint density at radius 2 is 2.32 bits per heavy atom. The molecule has 0 bridgehead atoms. The van der Waals surface area contributed by atoms with Gasteiger partial charge in [0.2, 0.25) is 5.91 Å². The van der Waals surface area contributed by atoms with Gasteiger partial charge in [0, 0.05) is 24.2 Å². The zero-order valence-electron chi connectivity index (χ0n) is 12.9. The molecule has 1 fully saturated rings. The molecule has 1 aliphatic rings. The number of nitrogens with zero attached hydrogens (tertiary/aromatic N) is 3. The average molecular weight is 315 g/mol. The number of aromatic nitrogens is 2. The van der Waals surface area contributed by atoms with Crippen molar-refractivity contribution in [2.24, 2.45) is 0 Å². The highest BCUT2D eigenvalue weighted by Crippen LogP contribution is 2.24. The maximum absolute atomic E-state index is 12.6. The lowest BCUT2D eigenvalue weighted by Gasteiger charge is -2.35. The molecule has 3 rings (SSSR count). The molecule has 0 aromatic carbocycles. The lowest BCUT2D eigenvalue weighted by Crippen LogP contribution is -2.44. The standard InChI is InChI=1S/C17H21N3OS/c1-2-14-7-4-6-10-20(14)16(21)11-13-12-22-17(19-13)15-8-3-5-9-18-15/h3,5,8-9,12,14H,2,4,6-7,10-11H2,1H3. The lowest BCUT2D eigenvalue weighted by molar-refractivity contribution is -0.134. The third kappa shape index (κ3) is 3.35. The van der Waals surface area contributed by atoms with Crippen LogP contribution in [0.5, 0.6) is 0 Å². The predicted molar refractivity (Wildman–Crippen MR) is 88.7 cm³/mol. The maximum atomic E-state index is 12.6. The monoisotopic (exact) mass is 315 g/mol. The first-order valence-electron chi connectivity index (χ1n) is 7.93. The van der Waals surface area contributed by atoms with Crippen LogP contribution in [0.1, 0.15) is 38.3 Å². The van der Waals surface area contributed by atoms with Crippen LogP contribution in [0.4, 0.5) is 0 Å². The molecular weight excluding hydrogens is 294 g/mol.